The van der Waals surface area contributed by atoms with Crippen LogP contribution >= 0.6 is 0 Å². The third-order valence-electron chi connectivity index (χ3n) is 2.36. The fraction of sp³-hybridized carbons (Fsp3) is 0.455. The van der Waals surface area contributed by atoms with Gasteiger partial charge in [0.1, 0.15) is 6.04 Å². The minimum absolute atomic E-state index is 0.0812. The first kappa shape index (κ1) is 13.6. The van der Waals surface area contributed by atoms with Crippen LogP contribution in [0.3, 0.4) is 0 Å². The molecule has 0 aliphatic carbocycles. The highest BCUT2D eigenvalue weighted by atomic mass is 19.4. The molecule has 0 bridgehead atoms. The number of rotatable bonds is 4. The molecule has 0 heterocycles. The third kappa shape index (κ3) is 3.03. The van der Waals surface area contributed by atoms with Gasteiger partial charge in [-0.3, -0.25) is 0 Å². The maximum atomic E-state index is 12.7. The Kier molecular flexibility index (Phi) is 4.22. The summed E-state index contributed by atoms with van der Waals surface area (Å²) >= 11 is 0. The van der Waals surface area contributed by atoms with Crippen LogP contribution < -0.4 is 14.8 Å². The topological polar surface area (TPSA) is 30.5 Å². The molecule has 0 amide bonds. The quantitative estimate of drug-likeness (QED) is 0.889. The van der Waals surface area contributed by atoms with E-state index in [2.05, 4.69) is 5.32 Å². The number of ether oxygens (including phenoxy) is 2. The van der Waals surface area contributed by atoms with Gasteiger partial charge in [0.25, 0.3) is 0 Å². The van der Waals surface area contributed by atoms with Crippen LogP contribution in [0.5, 0.6) is 11.5 Å². The lowest BCUT2D eigenvalue weighted by Gasteiger charge is -2.21. The first-order chi connectivity index (χ1) is 7.93. The summed E-state index contributed by atoms with van der Waals surface area (Å²) in [6.07, 6.45) is -4.35. The molecule has 96 valence electrons. The van der Waals surface area contributed by atoms with E-state index in [1.807, 2.05) is 0 Å². The van der Waals surface area contributed by atoms with Gasteiger partial charge in [-0.05, 0) is 24.7 Å². The smallest absolute Gasteiger partial charge is 0.407 e. The van der Waals surface area contributed by atoms with E-state index in [1.165, 1.54) is 39.5 Å². The zero-order valence-electron chi connectivity index (χ0n) is 9.76. The lowest BCUT2D eigenvalue weighted by molar-refractivity contribution is -0.156. The second-order valence-corrected chi connectivity index (χ2v) is 3.38. The second-order valence-electron chi connectivity index (χ2n) is 3.38. The van der Waals surface area contributed by atoms with Gasteiger partial charge in [-0.25, -0.2) is 0 Å². The summed E-state index contributed by atoms with van der Waals surface area (Å²) in [6, 6.07) is 2.40. The fourth-order valence-corrected chi connectivity index (χ4v) is 1.55. The Morgan fingerprint density at radius 2 is 1.71 bits per heavy atom. The number of nitrogens with one attached hydrogen (secondary N) is 1. The highest BCUT2D eigenvalue weighted by Gasteiger charge is 2.39. The first-order valence-corrected chi connectivity index (χ1v) is 4.90. The first-order valence-electron chi connectivity index (χ1n) is 4.90. The fourth-order valence-electron chi connectivity index (χ4n) is 1.55. The van der Waals surface area contributed by atoms with Crippen LogP contribution in [0.1, 0.15) is 11.6 Å². The van der Waals surface area contributed by atoms with Gasteiger partial charge in [0.15, 0.2) is 11.5 Å². The summed E-state index contributed by atoms with van der Waals surface area (Å²) in [4.78, 5) is 0. The van der Waals surface area contributed by atoms with E-state index in [0.29, 0.717) is 5.75 Å². The van der Waals surface area contributed by atoms with Gasteiger partial charge in [0.05, 0.1) is 14.2 Å². The van der Waals surface area contributed by atoms with Crippen molar-refractivity contribution < 1.29 is 22.6 Å². The van der Waals surface area contributed by atoms with Gasteiger partial charge in [-0.2, -0.15) is 13.2 Å². The monoisotopic (exact) mass is 249 g/mol. The molecule has 6 heteroatoms. The largest absolute Gasteiger partial charge is 0.493 e. The summed E-state index contributed by atoms with van der Waals surface area (Å²) in [5, 5.41) is 2.23. The summed E-state index contributed by atoms with van der Waals surface area (Å²) in [6.45, 7) is 0. The van der Waals surface area contributed by atoms with Crippen LogP contribution in [0.2, 0.25) is 0 Å². The average molecular weight is 249 g/mol. The Balaban J connectivity index is 3.14. The maximum Gasteiger partial charge on any atom is 0.407 e. The van der Waals surface area contributed by atoms with E-state index >= 15 is 0 Å². The third-order valence-corrected chi connectivity index (χ3v) is 2.36. The van der Waals surface area contributed by atoms with Crippen LogP contribution in [0, 0.1) is 0 Å². The molecule has 0 saturated carbocycles. The number of alkyl halides is 3. The van der Waals surface area contributed by atoms with Gasteiger partial charge in [0, 0.05) is 0 Å². The van der Waals surface area contributed by atoms with Crippen molar-refractivity contribution in [3.05, 3.63) is 23.8 Å². The molecule has 1 aromatic rings. The van der Waals surface area contributed by atoms with Crippen molar-refractivity contribution in [2.75, 3.05) is 21.3 Å². The van der Waals surface area contributed by atoms with E-state index in [9.17, 15) is 13.2 Å². The van der Waals surface area contributed by atoms with Gasteiger partial charge in [-0.15, -0.1) is 0 Å². The van der Waals surface area contributed by atoms with Crippen molar-refractivity contribution in [1.29, 1.82) is 0 Å². The summed E-state index contributed by atoms with van der Waals surface area (Å²) in [5.41, 5.74) is 0.0812. The Hall–Kier alpha value is -1.43. The Morgan fingerprint density at radius 3 is 2.12 bits per heavy atom. The Bertz CT molecular complexity index is 379. The van der Waals surface area contributed by atoms with Crippen molar-refractivity contribution in [2.45, 2.75) is 12.2 Å². The van der Waals surface area contributed by atoms with Crippen LogP contribution in [0.15, 0.2) is 18.2 Å². The number of methoxy groups -OCH3 is 2. The van der Waals surface area contributed by atoms with Crippen molar-refractivity contribution in [3.8, 4) is 11.5 Å². The Morgan fingerprint density at radius 1 is 1.12 bits per heavy atom. The summed E-state index contributed by atoms with van der Waals surface area (Å²) < 4.78 is 48.0. The van der Waals surface area contributed by atoms with E-state index in [4.69, 9.17) is 9.47 Å². The second kappa shape index (κ2) is 5.27. The summed E-state index contributed by atoms with van der Waals surface area (Å²) in [7, 11) is 4.06. The number of halogens is 3. The molecule has 1 N–H and O–H groups in total. The van der Waals surface area contributed by atoms with Crippen molar-refractivity contribution in [1.82, 2.24) is 5.32 Å². The molecule has 3 nitrogen and oxygen atoms in total. The molecule has 17 heavy (non-hydrogen) atoms. The molecule has 0 radical (unpaired) electrons. The van der Waals surface area contributed by atoms with Crippen LogP contribution in [0.4, 0.5) is 13.2 Å². The van der Waals surface area contributed by atoms with Crippen LogP contribution in [-0.4, -0.2) is 27.4 Å². The minimum atomic E-state index is -4.35. The van der Waals surface area contributed by atoms with Gasteiger partial charge in [-0.1, -0.05) is 6.07 Å². The molecule has 0 aliphatic heterocycles. The molecular formula is C11H14F3NO2. The van der Waals surface area contributed by atoms with Crippen LogP contribution in [0.25, 0.3) is 0 Å². The molecule has 1 atom stereocenters. The predicted octanol–water partition coefficient (Wildman–Crippen LogP) is 2.53. The highest BCUT2D eigenvalue weighted by Crippen LogP contribution is 2.36. The lowest BCUT2D eigenvalue weighted by Crippen LogP contribution is -2.31. The number of hydrogen-bond acceptors (Lipinski definition) is 3. The normalized spacial score (nSPS) is 13.3. The summed E-state index contributed by atoms with van der Waals surface area (Å²) in [5.74, 6) is 0.669. The number of benzene rings is 1. The molecule has 0 saturated heterocycles. The standard InChI is InChI=1S/C11H14F3NO2/c1-15-10(11(12,13)14)7-4-5-8(16-2)9(6-7)17-3/h4-6,10,15H,1-3H3. The van der Waals surface area contributed by atoms with Crippen molar-refractivity contribution in [3.63, 3.8) is 0 Å². The van der Waals surface area contributed by atoms with E-state index in [-0.39, 0.29) is 11.3 Å². The minimum Gasteiger partial charge on any atom is -0.493 e. The molecule has 0 spiro atoms. The van der Waals surface area contributed by atoms with Crippen molar-refractivity contribution >= 4 is 0 Å². The van der Waals surface area contributed by atoms with Gasteiger partial charge < -0.3 is 14.8 Å². The van der Waals surface area contributed by atoms with E-state index in [0.717, 1.165) is 0 Å². The molecule has 0 fully saturated rings. The van der Waals surface area contributed by atoms with Gasteiger partial charge in [0.2, 0.25) is 0 Å². The molecule has 1 rings (SSSR count). The van der Waals surface area contributed by atoms with Gasteiger partial charge >= 0.3 is 6.18 Å². The average Bonchev–Trinajstić information content (AvgIpc) is 2.27. The zero-order chi connectivity index (χ0) is 13.1. The molecule has 1 unspecified atom stereocenters. The van der Waals surface area contributed by atoms with E-state index < -0.39 is 12.2 Å². The van der Waals surface area contributed by atoms with Crippen LogP contribution in [-0.2, 0) is 0 Å². The maximum absolute atomic E-state index is 12.7. The molecule has 1 aromatic carbocycles. The van der Waals surface area contributed by atoms with Crippen molar-refractivity contribution in [2.24, 2.45) is 0 Å². The molecule has 0 aromatic heterocycles. The predicted molar refractivity (Wildman–Crippen MR) is 57.4 cm³/mol. The number of hydrogen-bond donors (Lipinski definition) is 1. The Labute approximate surface area is 97.5 Å². The highest BCUT2D eigenvalue weighted by molar-refractivity contribution is 5.44. The zero-order valence-corrected chi connectivity index (χ0v) is 9.76. The molecule has 0 aliphatic rings. The van der Waals surface area contributed by atoms with E-state index in [1.54, 1.807) is 0 Å². The lowest BCUT2D eigenvalue weighted by atomic mass is 10.1. The molecular weight excluding hydrogens is 235 g/mol. The SMILES string of the molecule is CNC(c1ccc(OC)c(OC)c1)C(F)(F)F.